The van der Waals surface area contributed by atoms with Gasteiger partial charge in [0.05, 0.1) is 30.8 Å². The Morgan fingerprint density at radius 1 is 1.11 bits per heavy atom. The first-order valence-corrected chi connectivity index (χ1v) is 11.5. The number of ether oxygens (including phenoxy) is 3. The molecule has 0 saturated heterocycles. The number of unbranched alkanes of at least 4 members (excludes halogenated alkanes) is 3. The third-order valence-electron chi connectivity index (χ3n) is 5.29. The van der Waals surface area contributed by atoms with Gasteiger partial charge >= 0.3 is 5.97 Å². The molecule has 35 heavy (non-hydrogen) atoms. The van der Waals surface area contributed by atoms with Crippen molar-refractivity contribution in [3.05, 3.63) is 81.6 Å². The summed E-state index contributed by atoms with van der Waals surface area (Å²) in [6.07, 6.45) is 6.65. The van der Waals surface area contributed by atoms with Crippen molar-refractivity contribution in [3.63, 3.8) is 0 Å². The van der Waals surface area contributed by atoms with Crippen LogP contribution in [0.15, 0.2) is 54.8 Å². The fraction of sp³-hybridized carbons (Fsp3) is 0.370. The van der Waals surface area contributed by atoms with Crippen LogP contribution < -0.4 is 4.74 Å². The van der Waals surface area contributed by atoms with Gasteiger partial charge in [-0.3, -0.25) is 10.1 Å². The van der Waals surface area contributed by atoms with Gasteiger partial charge in [0.1, 0.15) is 5.76 Å². The number of aromatic hydroxyl groups is 1. The highest BCUT2D eigenvalue weighted by Gasteiger charge is 2.16. The largest absolute Gasteiger partial charge is 0.504 e. The molecule has 2 aromatic carbocycles. The molecule has 0 aliphatic carbocycles. The predicted octanol–water partition coefficient (Wildman–Crippen LogP) is 6.39. The van der Waals surface area contributed by atoms with Crippen LogP contribution in [-0.4, -0.2) is 36.3 Å². The van der Waals surface area contributed by atoms with Crippen LogP contribution in [0.2, 0.25) is 0 Å². The van der Waals surface area contributed by atoms with E-state index in [1.54, 1.807) is 30.4 Å². The van der Waals surface area contributed by atoms with Gasteiger partial charge in [-0.2, -0.15) is 0 Å². The van der Waals surface area contributed by atoms with Gasteiger partial charge in [-0.25, -0.2) is 4.79 Å². The smallest absolute Gasteiger partial charge is 0.338 e. The fourth-order valence-electron chi connectivity index (χ4n) is 3.20. The number of hydrogen-bond donors (Lipinski definition) is 1. The van der Waals surface area contributed by atoms with Gasteiger partial charge in [-0.1, -0.05) is 32.6 Å². The van der Waals surface area contributed by atoms with E-state index in [9.17, 15) is 20.0 Å². The Hall–Kier alpha value is -3.81. The second kappa shape index (κ2) is 13.8. The number of carbonyl (C=O) groups is 1. The quantitative estimate of drug-likeness (QED) is 0.0828. The number of non-ortho nitro benzene ring substituents is 1. The van der Waals surface area contributed by atoms with Crippen molar-refractivity contribution >= 4 is 17.7 Å². The molecule has 8 nitrogen and oxygen atoms in total. The first-order chi connectivity index (χ1) is 16.7. The molecule has 0 aliphatic rings. The molecule has 0 unspecified atom stereocenters. The van der Waals surface area contributed by atoms with Gasteiger partial charge in [-0.15, -0.1) is 0 Å². The number of esters is 1. The summed E-state index contributed by atoms with van der Waals surface area (Å²) in [6, 6.07) is 9.52. The molecule has 8 heteroatoms. The van der Waals surface area contributed by atoms with Crippen LogP contribution >= 0.6 is 0 Å². The van der Waals surface area contributed by atoms with Gasteiger partial charge in [-0.05, 0) is 67.0 Å². The number of phenols is 1. The minimum Gasteiger partial charge on any atom is -0.504 e. The van der Waals surface area contributed by atoms with E-state index in [1.165, 1.54) is 19.2 Å². The van der Waals surface area contributed by atoms with Crippen molar-refractivity contribution in [3.8, 4) is 11.5 Å². The first-order valence-electron chi connectivity index (χ1n) is 11.5. The number of nitrogens with zero attached hydrogens (tertiary/aromatic N) is 1. The van der Waals surface area contributed by atoms with Crippen molar-refractivity contribution in [2.45, 2.75) is 45.4 Å². The highest BCUT2D eigenvalue weighted by Crippen LogP contribution is 2.28. The summed E-state index contributed by atoms with van der Waals surface area (Å²) in [7, 11) is 1.54. The van der Waals surface area contributed by atoms with E-state index in [2.05, 4.69) is 6.58 Å². The van der Waals surface area contributed by atoms with Gasteiger partial charge in [0.15, 0.2) is 11.5 Å². The number of hydrogen-bond acceptors (Lipinski definition) is 7. The molecule has 2 aromatic rings. The lowest BCUT2D eigenvalue weighted by Gasteiger charge is -2.10. The van der Waals surface area contributed by atoms with Gasteiger partial charge in [0.2, 0.25) is 0 Å². The predicted molar refractivity (Wildman–Crippen MR) is 135 cm³/mol. The van der Waals surface area contributed by atoms with Crippen LogP contribution in [0.5, 0.6) is 11.5 Å². The summed E-state index contributed by atoms with van der Waals surface area (Å²) in [5.74, 6) is 0.494. The maximum atomic E-state index is 12.3. The number of phenolic OH excluding ortho intramolecular Hbond substituents is 1. The number of methoxy groups -OCH3 is 1. The lowest BCUT2D eigenvalue weighted by Crippen LogP contribution is -2.08. The molecule has 0 aliphatic heterocycles. The number of rotatable bonds is 14. The van der Waals surface area contributed by atoms with Gasteiger partial charge < -0.3 is 19.3 Å². The van der Waals surface area contributed by atoms with E-state index in [-0.39, 0.29) is 29.5 Å². The highest BCUT2D eigenvalue weighted by atomic mass is 16.6. The van der Waals surface area contributed by atoms with E-state index in [0.29, 0.717) is 24.5 Å². The molecule has 0 fully saturated rings. The maximum absolute atomic E-state index is 12.3. The Morgan fingerprint density at radius 3 is 2.46 bits per heavy atom. The minimum absolute atomic E-state index is 0.0571. The molecule has 188 valence electrons. The van der Waals surface area contributed by atoms with Crippen LogP contribution in [0.1, 0.15) is 66.9 Å². The lowest BCUT2D eigenvalue weighted by molar-refractivity contribution is -0.385. The molecule has 2 rings (SSSR count). The minimum atomic E-state index is -0.556. The highest BCUT2D eigenvalue weighted by molar-refractivity contribution is 5.90. The van der Waals surface area contributed by atoms with Crippen LogP contribution in [0, 0.1) is 10.1 Å². The summed E-state index contributed by atoms with van der Waals surface area (Å²) in [6.45, 7) is 8.22. The molecule has 0 saturated carbocycles. The normalized spacial score (nSPS) is 11.0. The van der Waals surface area contributed by atoms with E-state index < -0.39 is 10.9 Å². The number of nitro groups is 1. The van der Waals surface area contributed by atoms with Crippen LogP contribution in [-0.2, 0) is 9.47 Å². The van der Waals surface area contributed by atoms with Crippen LogP contribution in [0.3, 0.4) is 0 Å². The zero-order chi connectivity index (χ0) is 25.8. The van der Waals surface area contributed by atoms with E-state index in [4.69, 9.17) is 14.2 Å². The molecular formula is C27H33NO7. The molecule has 0 bridgehead atoms. The maximum Gasteiger partial charge on any atom is 0.338 e. The second-order valence-corrected chi connectivity index (χ2v) is 8.35. The Balaban J connectivity index is 1.69. The summed E-state index contributed by atoms with van der Waals surface area (Å²) >= 11 is 0. The molecule has 0 aromatic heterocycles. The molecule has 0 radical (unpaired) electrons. The second-order valence-electron chi connectivity index (χ2n) is 8.35. The van der Waals surface area contributed by atoms with Gasteiger partial charge in [0.25, 0.3) is 5.69 Å². The third-order valence-corrected chi connectivity index (χ3v) is 5.29. The van der Waals surface area contributed by atoms with E-state index in [1.807, 2.05) is 19.9 Å². The zero-order valence-corrected chi connectivity index (χ0v) is 20.5. The molecule has 0 heterocycles. The van der Waals surface area contributed by atoms with E-state index in [0.717, 1.165) is 30.4 Å². The summed E-state index contributed by atoms with van der Waals surface area (Å²) in [5, 5.41) is 21.3. The number of benzene rings is 2. The Kier molecular flexibility index (Phi) is 10.8. The molecule has 0 atom stereocenters. The van der Waals surface area contributed by atoms with Crippen molar-refractivity contribution in [2.24, 2.45) is 0 Å². The summed E-state index contributed by atoms with van der Waals surface area (Å²) in [5.41, 5.74) is 1.60. The molecule has 1 N–H and O–H groups in total. The summed E-state index contributed by atoms with van der Waals surface area (Å²) in [4.78, 5) is 23.0. The lowest BCUT2D eigenvalue weighted by atomic mass is 10.00. The molecular weight excluding hydrogens is 450 g/mol. The standard InChI is InChI=1S/C27H33NO7/c1-19(2)22-16-23(18-24(17-22)28(31)32)27(30)35-14-8-6-5-7-13-34-26-12-11-21(15-25(26)29)10-9-20(3)33-4/h9-12,15-19,29H,3,5-8,13-14H2,1-2,4H3/b10-9+. The fourth-order valence-corrected chi connectivity index (χ4v) is 3.20. The summed E-state index contributed by atoms with van der Waals surface area (Å²) < 4.78 is 15.9. The Bertz CT molecular complexity index is 1060. The zero-order valence-electron chi connectivity index (χ0n) is 20.5. The van der Waals surface area contributed by atoms with Crippen molar-refractivity contribution in [1.29, 1.82) is 0 Å². The molecule has 0 spiro atoms. The number of nitro benzene ring substituents is 1. The average molecular weight is 484 g/mol. The van der Waals surface area contributed by atoms with Crippen LogP contribution in [0.25, 0.3) is 6.08 Å². The first kappa shape index (κ1) is 27.4. The van der Waals surface area contributed by atoms with Crippen LogP contribution in [0.4, 0.5) is 5.69 Å². The Morgan fingerprint density at radius 2 is 1.83 bits per heavy atom. The number of carbonyl (C=O) groups excluding carboxylic acids is 1. The number of allylic oxidation sites excluding steroid dienone is 1. The van der Waals surface area contributed by atoms with E-state index >= 15 is 0 Å². The topological polar surface area (TPSA) is 108 Å². The SMILES string of the molecule is C=C(/C=C/c1ccc(OCCCCCCOC(=O)c2cc(C(C)C)cc([N+](=O)[O-])c2)c(O)c1)OC. The van der Waals surface area contributed by atoms with Crippen molar-refractivity contribution < 1.29 is 29.0 Å². The molecule has 0 amide bonds. The monoisotopic (exact) mass is 483 g/mol. The van der Waals surface area contributed by atoms with Gasteiger partial charge in [0, 0.05) is 12.1 Å². The van der Waals surface area contributed by atoms with Crippen molar-refractivity contribution in [2.75, 3.05) is 20.3 Å². The third kappa shape index (κ3) is 9.16. The average Bonchev–Trinajstić information content (AvgIpc) is 2.84. The van der Waals surface area contributed by atoms with Crippen molar-refractivity contribution in [1.82, 2.24) is 0 Å². The Labute approximate surface area is 206 Å².